The third-order valence-electron chi connectivity index (χ3n) is 3.89. The summed E-state index contributed by atoms with van der Waals surface area (Å²) in [5.74, 6) is -0.265. The number of hydrogen-bond acceptors (Lipinski definition) is 4. The van der Waals surface area contributed by atoms with Crippen molar-refractivity contribution in [2.45, 2.75) is 20.4 Å². The van der Waals surface area contributed by atoms with Gasteiger partial charge in [0.05, 0.1) is 5.56 Å². The fraction of sp³-hybridized carbons (Fsp3) is 0.167. The van der Waals surface area contributed by atoms with Crippen LogP contribution in [0.5, 0.6) is 0 Å². The summed E-state index contributed by atoms with van der Waals surface area (Å²) in [5, 5.41) is 6.40. The molecule has 1 heterocycles. The van der Waals surface area contributed by atoms with E-state index >= 15 is 0 Å². The van der Waals surface area contributed by atoms with Crippen LogP contribution in [0.4, 0.5) is 5.69 Å². The fourth-order valence-corrected chi connectivity index (χ4v) is 2.78. The van der Waals surface area contributed by atoms with Gasteiger partial charge >= 0.3 is 0 Å². The number of benzene rings is 2. The van der Waals surface area contributed by atoms with E-state index in [-0.39, 0.29) is 17.0 Å². The number of carbonyl (C=O) groups is 1. The largest absolute Gasteiger partial charge is 0.394 e. The molecule has 0 aliphatic heterocycles. The maximum Gasteiger partial charge on any atom is 0.290 e. The zero-order valence-corrected chi connectivity index (χ0v) is 13.0. The molecular formula is C18H17N3O2. The van der Waals surface area contributed by atoms with Crippen molar-refractivity contribution < 1.29 is 4.79 Å². The highest BCUT2D eigenvalue weighted by molar-refractivity contribution is 6.07. The van der Waals surface area contributed by atoms with Crippen molar-refractivity contribution in [1.82, 2.24) is 9.78 Å². The molecular weight excluding hydrogens is 290 g/mol. The molecule has 3 aromatic rings. The van der Waals surface area contributed by atoms with E-state index < -0.39 is 5.56 Å². The summed E-state index contributed by atoms with van der Waals surface area (Å²) >= 11 is 0. The Hall–Kier alpha value is -2.95. The molecule has 5 nitrogen and oxygen atoms in total. The molecule has 0 aliphatic carbocycles. The first-order valence-electron chi connectivity index (χ1n) is 7.44. The molecule has 0 radical (unpaired) electrons. The lowest BCUT2D eigenvalue weighted by Crippen LogP contribution is -2.28. The SMILES string of the molecule is CCn1nc(-c2cccc3ccccc23)c(C(C)=O)c(N)c1=O. The predicted octanol–water partition coefficient (Wildman–Crippen LogP) is 2.87. The van der Waals surface area contributed by atoms with E-state index in [9.17, 15) is 9.59 Å². The van der Waals surface area contributed by atoms with Gasteiger partial charge < -0.3 is 5.73 Å². The summed E-state index contributed by atoms with van der Waals surface area (Å²) in [7, 11) is 0. The van der Waals surface area contributed by atoms with Crippen molar-refractivity contribution in [1.29, 1.82) is 0 Å². The van der Waals surface area contributed by atoms with E-state index in [4.69, 9.17) is 5.73 Å². The Morgan fingerprint density at radius 1 is 1.17 bits per heavy atom. The highest BCUT2D eigenvalue weighted by atomic mass is 16.1. The predicted molar refractivity (Wildman–Crippen MR) is 91.5 cm³/mol. The van der Waals surface area contributed by atoms with E-state index in [1.54, 1.807) is 0 Å². The third kappa shape index (κ3) is 2.40. The quantitative estimate of drug-likeness (QED) is 0.755. The molecule has 0 unspecified atom stereocenters. The van der Waals surface area contributed by atoms with Gasteiger partial charge in [0.2, 0.25) is 0 Å². The van der Waals surface area contributed by atoms with Gasteiger partial charge in [-0.05, 0) is 24.6 Å². The lowest BCUT2D eigenvalue weighted by Gasteiger charge is -2.14. The number of fused-ring (bicyclic) bond motifs is 1. The van der Waals surface area contributed by atoms with Gasteiger partial charge in [-0.1, -0.05) is 42.5 Å². The summed E-state index contributed by atoms with van der Waals surface area (Å²) in [5.41, 5.74) is 6.91. The molecule has 23 heavy (non-hydrogen) atoms. The van der Waals surface area contributed by atoms with Crippen LogP contribution in [0.1, 0.15) is 24.2 Å². The van der Waals surface area contributed by atoms with Crippen LogP contribution in [0.2, 0.25) is 0 Å². The molecule has 0 atom stereocenters. The second kappa shape index (κ2) is 5.68. The van der Waals surface area contributed by atoms with Crippen LogP contribution in [0.3, 0.4) is 0 Å². The van der Waals surface area contributed by atoms with Crippen molar-refractivity contribution in [3.63, 3.8) is 0 Å². The van der Waals surface area contributed by atoms with Crippen molar-refractivity contribution in [3.8, 4) is 11.3 Å². The maximum atomic E-state index is 12.2. The number of nitrogens with zero attached hydrogens (tertiary/aromatic N) is 2. The molecule has 0 fully saturated rings. The molecule has 0 saturated heterocycles. The van der Waals surface area contributed by atoms with E-state index in [0.717, 1.165) is 16.3 Å². The summed E-state index contributed by atoms with van der Waals surface area (Å²) in [6.45, 7) is 3.60. The highest BCUT2D eigenvalue weighted by Gasteiger charge is 2.20. The number of ketones is 1. The zero-order chi connectivity index (χ0) is 16.6. The lowest BCUT2D eigenvalue weighted by atomic mass is 9.97. The van der Waals surface area contributed by atoms with Gasteiger partial charge in [0.1, 0.15) is 11.4 Å². The molecule has 2 N–H and O–H groups in total. The van der Waals surface area contributed by atoms with Crippen LogP contribution >= 0.6 is 0 Å². The van der Waals surface area contributed by atoms with Crippen LogP contribution in [-0.2, 0) is 6.54 Å². The van der Waals surface area contributed by atoms with Gasteiger partial charge in [0, 0.05) is 12.1 Å². The first-order valence-corrected chi connectivity index (χ1v) is 7.44. The number of rotatable bonds is 3. The number of nitrogens with two attached hydrogens (primary N) is 1. The minimum Gasteiger partial charge on any atom is -0.394 e. The monoisotopic (exact) mass is 307 g/mol. The van der Waals surface area contributed by atoms with Crippen LogP contribution < -0.4 is 11.3 Å². The molecule has 0 amide bonds. The van der Waals surface area contributed by atoms with Gasteiger partial charge in [-0.2, -0.15) is 5.10 Å². The Balaban J connectivity index is 2.45. The number of anilines is 1. The number of hydrogen-bond donors (Lipinski definition) is 1. The van der Waals surface area contributed by atoms with Crippen molar-refractivity contribution in [3.05, 3.63) is 58.4 Å². The molecule has 116 valence electrons. The molecule has 5 heteroatoms. The molecule has 0 bridgehead atoms. The van der Waals surface area contributed by atoms with Crippen LogP contribution in [0, 0.1) is 0 Å². The van der Waals surface area contributed by atoms with Crippen molar-refractivity contribution in [2.75, 3.05) is 5.73 Å². The topological polar surface area (TPSA) is 78.0 Å². The second-order valence-corrected chi connectivity index (χ2v) is 5.34. The van der Waals surface area contributed by atoms with Crippen LogP contribution in [0.25, 0.3) is 22.0 Å². The molecule has 2 aromatic carbocycles. The molecule has 0 saturated carbocycles. The molecule has 1 aromatic heterocycles. The van der Waals surface area contributed by atoms with Gasteiger partial charge in [-0.25, -0.2) is 4.68 Å². The third-order valence-corrected chi connectivity index (χ3v) is 3.89. The van der Waals surface area contributed by atoms with E-state index in [1.165, 1.54) is 11.6 Å². The standard InChI is InChI=1S/C18H17N3O2/c1-3-21-18(23)16(19)15(11(2)22)17(20-21)14-10-6-8-12-7-4-5-9-13(12)14/h4-10H,3,19H2,1-2H3. The van der Waals surface area contributed by atoms with E-state index in [2.05, 4.69) is 5.10 Å². The Morgan fingerprint density at radius 2 is 1.87 bits per heavy atom. The average molecular weight is 307 g/mol. The Labute approximate surface area is 133 Å². The number of aryl methyl sites for hydroxylation is 1. The van der Waals surface area contributed by atoms with Crippen molar-refractivity contribution in [2.24, 2.45) is 0 Å². The maximum absolute atomic E-state index is 12.2. The summed E-state index contributed by atoms with van der Waals surface area (Å²) < 4.78 is 1.29. The Morgan fingerprint density at radius 3 is 2.57 bits per heavy atom. The van der Waals surface area contributed by atoms with Gasteiger partial charge in [0.15, 0.2) is 5.78 Å². The molecule has 3 rings (SSSR count). The minimum atomic E-state index is -0.429. The highest BCUT2D eigenvalue weighted by Crippen LogP contribution is 2.30. The van der Waals surface area contributed by atoms with E-state index in [1.807, 2.05) is 49.4 Å². The Bertz CT molecular complexity index is 968. The summed E-state index contributed by atoms with van der Waals surface area (Å²) in [6.07, 6.45) is 0. The first kappa shape index (κ1) is 15.0. The Kier molecular flexibility index (Phi) is 3.70. The normalized spacial score (nSPS) is 10.9. The fourth-order valence-electron chi connectivity index (χ4n) is 2.78. The van der Waals surface area contributed by atoms with Crippen molar-refractivity contribution >= 4 is 22.2 Å². The summed E-state index contributed by atoms with van der Waals surface area (Å²) in [4.78, 5) is 24.3. The lowest BCUT2D eigenvalue weighted by molar-refractivity contribution is 0.101. The van der Waals surface area contributed by atoms with Gasteiger partial charge in [0.25, 0.3) is 5.56 Å². The smallest absolute Gasteiger partial charge is 0.290 e. The van der Waals surface area contributed by atoms with E-state index in [0.29, 0.717) is 12.2 Å². The molecule has 0 spiro atoms. The van der Waals surface area contributed by atoms with Crippen LogP contribution in [0.15, 0.2) is 47.3 Å². The number of nitrogen functional groups attached to an aromatic ring is 1. The zero-order valence-electron chi connectivity index (χ0n) is 13.0. The van der Waals surface area contributed by atoms with Gasteiger partial charge in [-0.3, -0.25) is 9.59 Å². The second-order valence-electron chi connectivity index (χ2n) is 5.34. The van der Waals surface area contributed by atoms with Crippen LogP contribution in [-0.4, -0.2) is 15.6 Å². The average Bonchev–Trinajstić information content (AvgIpc) is 2.56. The number of Topliss-reactive ketones (excluding diaryl/α,β-unsaturated/α-hetero) is 1. The minimum absolute atomic E-state index is 0.0442. The first-order chi connectivity index (χ1) is 11.0. The van der Waals surface area contributed by atoms with Gasteiger partial charge in [-0.15, -0.1) is 0 Å². The summed E-state index contributed by atoms with van der Waals surface area (Å²) in [6, 6.07) is 13.6. The number of aromatic nitrogens is 2. The molecule has 0 aliphatic rings. The number of carbonyl (C=O) groups excluding carboxylic acids is 1.